The van der Waals surface area contributed by atoms with Gasteiger partial charge in [0.1, 0.15) is 11.5 Å². The summed E-state index contributed by atoms with van der Waals surface area (Å²) >= 11 is 0. The number of ether oxygens (including phenoxy) is 2. The Labute approximate surface area is 166 Å². The number of nitrogens with zero attached hydrogens (tertiary/aromatic N) is 2. The van der Waals surface area contributed by atoms with Crippen LogP contribution in [0.4, 0.5) is 5.69 Å². The molecule has 0 saturated heterocycles. The zero-order valence-corrected chi connectivity index (χ0v) is 15.5. The standard InChI is InChI=1S/C21H17N3O5/c1-26-16-8-10-17(11-9-16)28-13-19(25)22-15-6-4-14(5-7-15)20-23-24-21(29-20)18-3-2-12-27-18/h2-12H,13H2,1H3,(H,22,25). The first kappa shape index (κ1) is 18.3. The van der Waals surface area contributed by atoms with Crippen molar-refractivity contribution in [3.05, 3.63) is 66.9 Å². The highest BCUT2D eigenvalue weighted by molar-refractivity contribution is 5.92. The number of hydrogen-bond donors (Lipinski definition) is 1. The van der Waals surface area contributed by atoms with E-state index in [9.17, 15) is 4.79 Å². The molecule has 0 aliphatic heterocycles. The summed E-state index contributed by atoms with van der Waals surface area (Å²) in [5, 5.41) is 10.8. The lowest BCUT2D eigenvalue weighted by molar-refractivity contribution is -0.118. The molecular weight excluding hydrogens is 374 g/mol. The number of nitrogens with one attached hydrogen (secondary N) is 1. The molecule has 29 heavy (non-hydrogen) atoms. The van der Waals surface area contributed by atoms with E-state index >= 15 is 0 Å². The second-order valence-corrected chi connectivity index (χ2v) is 5.98. The van der Waals surface area contributed by atoms with Crippen molar-refractivity contribution in [2.45, 2.75) is 0 Å². The van der Waals surface area contributed by atoms with Gasteiger partial charge < -0.3 is 23.6 Å². The summed E-state index contributed by atoms with van der Waals surface area (Å²) in [5.41, 5.74) is 1.35. The first-order valence-electron chi connectivity index (χ1n) is 8.76. The molecule has 0 spiro atoms. The highest BCUT2D eigenvalue weighted by Gasteiger charge is 2.12. The van der Waals surface area contributed by atoms with Crippen LogP contribution >= 0.6 is 0 Å². The summed E-state index contributed by atoms with van der Waals surface area (Å²) in [6, 6.07) is 17.5. The Bertz CT molecular complexity index is 1070. The molecule has 0 atom stereocenters. The van der Waals surface area contributed by atoms with Gasteiger partial charge in [-0.1, -0.05) is 0 Å². The van der Waals surface area contributed by atoms with Crippen LogP contribution in [0.25, 0.3) is 23.1 Å². The maximum absolute atomic E-state index is 12.1. The van der Waals surface area contributed by atoms with Gasteiger partial charge in [-0.25, -0.2) is 0 Å². The van der Waals surface area contributed by atoms with Crippen LogP contribution in [0.15, 0.2) is 75.8 Å². The second-order valence-electron chi connectivity index (χ2n) is 5.98. The van der Waals surface area contributed by atoms with Gasteiger partial charge in [-0.05, 0) is 60.7 Å². The lowest BCUT2D eigenvalue weighted by Gasteiger charge is -2.08. The molecule has 2 aromatic carbocycles. The van der Waals surface area contributed by atoms with Gasteiger partial charge in [0, 0.05) is 11.3 Å². The molecule has 0 aliphatic carbocycles. The van der Waals surface area contributed by atoms with Crippen LogP contribution in [0.3, 0.4) is 0 Å². The van der Waals surface area contributed by atoms with Crippen LogP contribution < -0.4 is 14.8 Å². The molecule has 0 bridgehead atoms. The van der Waals surface area contributed by atoms with E-state index in [1.165, 1.54) is 6.26 Å². The second kappa shape index (κ2) is 8.30. The van der Waals surface area contributed by atoms with E-state index in [0.29, 0.717) is 29.0 Å². The molecule has 0 aliphatic rings. The normalized spacial score (nSPS) is 10.5. The number of benzene rings is 2. The molecule has 4 aromatic rings. The number of rotatable bonds is 7. The molecule has 0 radical (unpaired) electrons. The SMILES string of the molecule is COc1ccc(OCC(=O)Nc2ccc(-c3nnc(-c4ccco4)o3)cc2)cc1. The smallest absolute Gasteiger partial charge is 0.283 e. The predicted octanol–water partition coefficient (Wildman–Crippen LogP) is 4.02. The van der Waals surface area contributed by atoms with E-state index in [0.717, 1.165) is 11.3 Å². The van der Waals surface area contributed by atoms with Gasteiger partial charge >= 0.3 is 0 Å². The number of hydrogen-bond acceptors (Lipinski definition) is 7. The third kappa shape index (κ3) is 4.44. The van der Waals surface area contributed by atoms with Crippen molar-refractivity contribution in [3.8, 4) is 34.6 Å². The fourth-order valence-electron chi connectivity index (χ4n) is 2.55. The summed E-state index contributed by atoms with van der Waals surface area (Å²) in [6.45, 7) is -0.107. The minimum Gasteiger partial charge on any atom is -0.497 e. The highest BCUT2D eigenvalue weighted by atomic mass is 16.5. The lowest BCUT2D eigenvalue weighted by Crippen LogP contribution is -2.20. The Balaban J connectivity index is 1.33. The molecular formula is C21H17N3O5. The first-order chi connectivity index (χ1) is 14.2. The number of carbonyl (C=O) groups excluding carboxylic acids is 1. The summed E-state index contributed by atoms with van der Waals surface area (Å²) in [6.07, 6.45) is 1.54. The number of anilines is 1. The quantitative estimate of drug-likeness (QED) is 0.508. The Morgan fingerprint density at radius 2 is 1.69 bits per heavy atom. The maximum atomic E-state index is 12.1. The third-order valence-electron chi connectivity index (χ3n) is 4.00. The van der Waals surface area contributed by atoms with Crippen LogP contribution in [0.1, 0.15) is 0 Å². The van der Waals surface area contributed by atoms with Crippen molar-refractivity contribution in [3.63, 3.8) is 0 Å². The minimum atomic E-state index is -0.272. The van der Waals surface area contributed by atoms with Crippen molar-refractivity contribution in [2.75, 3.05) is 19.0 Å². The Morgan fingerprint density at radius 1 is 0.966 bits per heavy atom. The number of methoxy groups -OCH3 is 1. The van der Waals surface area contributed by atoms with E-state index < -0.39 is 0 Å². The van der Waals surface area contributed by atoms with Gasteiger partial charge in [-0.15, -0.1) is 10.2 Å². The van der Waals surface area contributed by atoms with Gasteiger partial charge in [-0.2, -0.15) is 0 Å². The first-order valence-corrected chi connectivity index (χ1v) is 8.76. The Morgan fingerprint density at radius 3 is 2.38 bits per heavy atom. The zero-order chi connectivity index (χ0) is 20.1. The molecule has 8 heteroatoms. The van der Waals surface area contributed by atoms with E-state index in [2.05, 4.69) is 15.5 Å². The van der Waals surface area contributed by atoms with E-state index in [-0.39, 0.29) is 12.5 Å². The molecule has 8 nitrogen and oxygen atoms in total. The van der Waals surface area contributed by atoms with Crippen molar-refractivity contribution in [1.29, 1.82) is 0 Å². The average molecular weight is 391 g/mol. The number of carbonyl (C=O) groups is 1. The van der Waals surface area contributed by atoms with Crippen LogP contribution in [-0.4, -0.2) is 29.8 Å². The molecule has 1 N–H and O–H groups in total. The van der Waals surface area contributed by atoms with Crippen molar-refractivity contribution in [2.24, 2.45) is 0 Å². The van der Waals surface area contributed by atoms with Crippen LogP contribution in [0, 0.1) is 0 Å². The Kier molecular flexibility index (Phi) is 5.24. The monoisotopic (exact) mass is 391 g/mol. The lowest BCUT2D eigenvalue weighted by atomic mass is 10.2. The fraction of sp³-hybridized carbons (Fsp3) is 0.0952. The number of amides is 1. The molecule has 0 unspecified atom stereocenters. The maximum Gasteiger partial charge on any atom is 0.283 e. The van der Waals surface area contributed by atoms with Gasteiger partial charge in [0.05, 0.1) is 13.4 Å². The van der Waals surface area contributed by atoms with Gasteiger partial charge in [0.25, 0.3) is 11.8 Å². The zero-order valence-electron chi connectivity index (χ0n) is 15.5. The number of aromatic nitrogens is 2. The van der Waals surface area contributed by atoms with Crippen molar-refractivity contribution >= 4 is 11.6 Å². The fourth-order valence-corrected chi connectivity index (χ4v) is 2.55. The van der Waals surface area contributed by atoms with Crippen LogP contribution in [0.5, 0.6) is 11.5 Å². The van der Waals surface area contributed by atoms with Gasteiger partial charge in [0.15, 0.2) is 12.4 Å². The van der Waals surface area contributed by atoms with E-state index in [4.69, 9.17) is 18.3 Å². The van der Waals surface area contributed by atoms with Crippen LogP contribution in [-0.2, 0) is 4.79 Å². The largest absolute Gasteiger partial charge is 0.497 e. The van der Waals surface area contributed by atoms with Gasteiger partial charge in [0.2, 0.25) is 5.89 Å². The summed E-state index contributed by atoms with van der Waals surface area (Å²) < 4.78 is 21.4. The summed E-state index contributed by atoms with van der Waals surface area (Å²) in [7, 11) is 1.59. The summed E-state index contributed by atoms with van der Waals surface area (Å²) in [4.78, 5) is 12.1. The van der Waals surface area contributed by atoms with Crippen molar-refractivity contribution in [1.82, 2.24) is 10.2 Å². The number of furan rings is 1. The molecule has 0 saturated carbocycles. The molecule has 1 amide bonds. The summed E-state index contributed by atoms with van der Waals surface area (Å²) in [5.74, 6) is 2.20. The topological polar surface area (TPSA) is 99.6 Å². The molecule has 146 valence electrons. The van der Waals surface area contributed by atoms with E-state index in [1.54, 1.807) is 67.8 Å². The third-order valence-corrected chi connectivity index (χ3v) is 4.00. The molecule has 4 rings (SSSR count). The van der Waals surface area contributed by atoms with Gasteiger partial charge in [-0.3, -0.25) is 4.79 Å². The predicted molar refractivity (Wildman–Crippen MR) is 105 cm³/mol. The highest BCUT2D eigenvalue weighted by Crippen LogP contribution is 2.25. The van der Waals surface area contributed by atoms with Crippen molar-refractivity contribution < 1.29 is 23.1 Å². The molecule has 0 fully saturated rings. The molecule has 2 aromatic heterocycles. The average Bonchev–Trinajstić information content (AvgIpc) is 3.45. The van der Waals surface area contributed by atoms with E-state index in [1.807, 2.05) is 0 Å². The van der Waals surface area contributed by atoms with Crippen LogP contribution in [0.2, 0.25) is 0 Å². The Hall–Kier alpha value is -4.07. The minimum absolute atomic E-state index is 0.107. The molecule has 2 heterocycles.